The summed E-state index contributed by atoms with van der Waals surface area (Å²) in [6, 6.07) is 2.22. The standard InChI is InChI=1S/C7H6ClF2N/c8-5-1-4(3-11)7(10)6(9)2-5/h1-2H,3,11H2. The Kier molecular flexibility index (Phi) is 2.42. The molecule has 60 valence electrons. The van der Waals surface area contributed by atoms with Crippen LogP contribution in [0.4, 0.5) is 8.78 Å². The third kappa shape index (κ3) is 1.67. The van der Waals surface area contributed by atoms with Crippen LogP contribution in [0.15, 0.2) is 12.1 Å². The van der Waals surface area contributed by atoms with Gasteiger partial charge in [0.25, 0.3) is 0 Å². The molecule has 0 fully saturated rings. The highest BCUT2D eigenvalue weighted by Crippen LogP contribution is 2.17. The molecule has 0 saturated carbocycles. The van der Waals surface area contributed by atoms with Crippen LogP contribution in [-0.2, 0) is 6.54 Å². The molecular weight excluding hydrogens is 172 g/mol. The number of hydrogen-bond acceptors (Lipinski definition) is 1. The minimum Gasteiger partial charge on any atom is -0.326 e. The topological polar surface area (TPSA) is 26.0 Å². The van der Waals surface area contributed by atoms with E-state index in [0.717, 1.165) is 6.07 Å². The van der Waals surface area contributed by atoms with Crippen LogP contribution in [0.5, 0.6) is 0 Å². The van der Waals surface area contributed by atoms with E-state index in [2.05, 4.69) is 0 Å². The molecule has 0 atom stereocenters. The summed E-state index contributed by atoms with van der Waals surface area (Å²) in [5.74, 6) is -1.88. The highest BCUT2D eigenvalue weighted by molar-refractivity contribution is 6.30. The lowest BCUT2D eigenvalue weighted by Gasteiger charge is -2.00. The Bertz CT molecular complexity index is 275. The van der Waals surface area contributed by atoms with Crippen molar-refractivity contribution in [1.82, 2.24) is 0 Å². The lowest BCUT2D eigenvalue weighted by Crippen LogP contribution is -2.01. The Hall–Kier alpha value is -0.670. The molecule has 1 aromatic carbocycles. The molecule has 1 aromatic rings. The number of halogens is 3. The van der Waals surface area contributed by atoms with E-state index < -0.39 is 11.6 Å². The number of rotatable bonds is 1. The monoisotopic (exact) mass is 177 g/mol. The van der Waals surface area contributed by atoms with E-state index in [0.29, 0.717) is 0 Å². The van der Waals surface area contributed by atoms with Crippen LogP contribution < -0.4 is 5.73 Å². The molecule has 0 aliphatic carbocycles. The summed E-state index contributed by atoms with van der Waals surface area (Å²) in [5.41, 5.74) is 5.22. The van der Waals surface area contributed by atoms with E-state index in [1.807, 2.05) is 0 Å². The van der Waals surface area contributed by atoms with Gasteiger partial charge < -0.3 is 5.73 Å². The molecule has 0 amide bonds. The maximum Gasteiger partial charge on any atom is 0.163 e. The van der Waals surface area contributed by atoms with Crippen molar-refractivity contribution in [2.45, 2.75) is 6.54 Å². The van der Waals surface area contributed by atoms with Gasteiger partial charge >= 0.3 is 0 Å². The number of benzene rings is 1. The summed E-state index contributed by atoms with van der Waals surface area (Å²) in [4.78, 5) is 0. The van der Waals surface area contributed by atoms with Gasteiger partial charge in [0.2, 0.25) is 0 Å². The maximum atomic E-state index is 12.7. The van der Waals surface area contributed by atoms with Crippen molar-refractivity contribution in [3.63, 3.8) is 0 Å². The van der Waals surface area contributed by atoms with E-state index in [1.165, 1.54) is 6.07 Å². The molecule has 0 aromatic heterocycles. The largest absolute Gasteiger partial charge is 0.326 e. The molecule has 0 bridgehead atoms. The molecule has 1 nitrogen and oxygen atoms in total. The van der Waals surface area contributed by atoms with Gasteiger partial charge in [-0.25, -0.2) is 8.78 Å². The van der Waals surface area contributed by atoms with Crippen molar-refractivity contribution >= 4 is 11.6 Å². The third-order valence-corrected chi connectivity index (χ3v) is 1.51. The zero-order chi connectivity index (χ0) is 8.43. The van der Waals surface area contributed by atoms with Crippen molar-refractivity contribution in [2.24, 2.45) is 5.73 Å². The molecule has 1 rings (SSSR count). The highest BCUT2D eigenvalue weighted by atomic mass is 35.5. The molecule has 0 radical (unpaired) electrons. The van der Waals surface area contributed by atoms with Gasteiger partial charge in [0, 0.05) is 17.1 Å². The first-order chi connectivity index (χ1) is 5.15. The molecule has 0 aliphatic rings. The van der Waals surface area contributed by atoms with E-state index in [1.54, 1.807) is 0 Å². The highest BCUT2D eigenvalue weighted by Gasteiger charge is 2.07. The summed E-state index contributed by atoms with van der Waals surface area (Å²) >= 11 is 5.44. The van der Waals surface area contributed by atoms with E-state index >= 15 is 0 Å². The molecule has 0 saturated heterocycles. The average molecular weight is 178 g/mol. The Morgan fingerprint density at radius 3 is 2.55 bits per heavy atom. The number of nitrogens with two attached hydrogens (primary N) is 1. The smallest absolute Gasteiger partial charge is 0.163 e. The first-order valence-corrected chi connectivity index (χ1v) is 3.36. The Morgan fingerprint density at radius 2 is 2.00 bits per heavy atom. The van der Waals surface area contributed by atoms with Crippen molar-refractivity contribution in [3.05, 3.63) is 34.4 Å². The van der Waals surface area contributed by atoms with E-state index in [4.69, 9.17) is 17.3 Å². The minimum atomic E-state index is -0.960. The Morgan fingerprint density at radius 1 is 1.36 bits per heavy atom. The van der Waals surface area contributed by atoms with Gasteiger partial charge in [-0.15, -0.1) is 0 Å². The zero-order valence-corrected chi connectivity index (χ0v) is 6.33. The quantitative estimate of drug-likeness (QED) is 0.653. The van der Waals surface area contributed by atoms with Crippen molar-refractivity contribution in [2.75, 3.05) is 0 Å². The fraction of sp³-hybridized carbons (Fsp3) is 0.143. The first-order valence-electron chi connectivity index (χ1n) is 2.98. The summed E-state index contributed by atoms with van der Waals surface area (Å²) in [6.07, 6.45) is 0. The Balaban J connectivity index is 3.24. The van der Waals surface area contributed by atoms with Gasteiger partial charge in [-0.2, -0.15) is 0 Å². The van der Waals surface area contributed by atoms with Gasteiger partial charge in [-0.1, -0.05) is 11.6 Å². The van der Waals surface area contributed by atoms with Gasteiger partial charge in [-0.3, -0.25) is 0 Å². The molecule has 0 aliphatic heterocycles. The lowest BCUT2D eigenvalue weighted by atomic mass is 10.2. The van der Waals surface area contributed by atoms with Gasteiger partial charge in [0.05, 0.1) is 0 Å². The summed E-state index contributed by atoms with van der Waals surface area (Å²) in [6.45, 7) is -0.0523. The lowest BCUT2D eigenvalue weighted by molar-refractivity contribution is 0.499. The predicted octanol–water partition coefficient (Wildman–Crippen LogP) is 2.08. The normalized spacial score (nSPS) is 10.2. The van der Waals surface area contributed by atoms with Crippen molar-refractivity contribution < 1.29 is 8.78 Å². The average Bonchev–Trinajstić information content (AvgIpc) is 1.96. The molecule has 0 unspecified atom stereocenters. The van der Waals surface area contributed by atoms with Crippen LogP contribution in [0.3, 0.4) is 0 Å². The van der Waals surface area contributed by atoms with E-state index in [-0.39, 0.29) is 17.1 Å². The summed E-state index contributed by atoms with van der Waals surface area (Å²) in [5, 5.41) is 0.157. The SMILES string of the molecule is NCc1cc(Cl)cc(F)c1F. The predicted molar refractivity (Wildman–Crippen MR) is 39.3 cm³/mol. The summed E-state index contributed by atoms with van der Waals surface area (Å²) in [7, 11) is 0. The molecule has 11 heavy (non-hydrogen) atoms. The van der Waals surface area contributed by atoms with Crippen LogP contribution in [0.25, 0.3) is 0 Å². The zero-order valence-electron chi connectivity index (χ0n) is 5.57. The molecule has 2 N–H and O–H groups in total. The second-order valence-corrected chi connectivity index (χ2v) is 2.50. The van der Waals surface area contributed by atoms with Crippen LogP contribution in [-0.4, -0.2) is 0 Å². The van der Waals surface area contributed by atoms with Crippen LogP contribution in [0.1, 0.15) is 5.56 Å². The number of hydrogen-bond donors (Lipinski definition) is 1. The fourth-order valence-corrected chi connectivity index (χ4v) is 0.985. The van der Waals surface area contributed by atoms with Crippen LogP contribution in [0.2, 0.25) is 5.02 Å². The van der Waals surface area contributed by atoms with Gasteiger partial charge in [0.1, 0.15) is 0 Å². The molecule has 0 spiro atoms. The Labute approximate surface area is 67.8 Å². The van der Waals surface area contributed by atoms with Crippen LogP contribution >= 0.6 is 11.6 Å². The fourth-order valence-electron chi connectivity index (χ4n) is 0.758. The minimum absolute atomic E-state index is 0.0523. The maximum absolute atomic E-state index is 12.7. The summed E-state index contributed by atoms with van der Waals surface area (Å²) < 4.78 is 25.2. The molecule has 0 heterocycles. The second-order valence-electron chi connectivity index (χ2n) is 2.06. The van der Waals surface area contributed by atoms with E-state index in [9.17, 15) is 8.78 Å². The molecule has 4 heteroatoms. The van der Waals surface area contributed by atoms with Gasteiger partial charge in [-0.05, 0) is 12.1 Å². The molecular formula is C7H6ClF2N. The van der Waals surface area contributed by atoms with Crippen LogP contribution in [0, 0.1) is 11.6 Å². The van der Waals surface area contributed by atoms with Gasteiger partial charge in [0.15, 0.2) is 11.6 Å². The third-order valence-electron chi connectivity index (χ3n) is 1.29. The van der Waals surface area contributed by atoms with Crippen molar-refractivity contribution in [3.8, 4) is 0 Å². The first kappa shape index (κ1) is 8.43. The second kappa shape index (κ2) is 3.15. The van der Waals surface area contributed by atoms with Crippen molar-refractivity contribution in [1.29, 1.82) is 0 Å².